The summed E-state index contributed by atoms with van der Waals surface area (Å²) < 4.78 is 0. The molecule has 3 N–H and O–H groups in total. The van der Waals surface area contributed by atoms with Crippen LogP contribution in [0.15, 0.2) is 6.07 Å². The number of aromatic nitrogens is 2. The van der Waals surface area contributed by atoms with Gasteiger partial charge in [-0.1, -0.05) is 0 Å². The van der Waals surface area contributed by atoms with Crippen LogP contribution in [-0.2, 0) is 0 Å². The maximum absolute atomic E-state index is 5.68. The van der Waals surface area contributed by atoms with Gasteiger partial charge in [-0.05, 0) is 14.0 Å². The van der Waals surface area contributed by atoms with E-state index in [0.717, 1.165) is 45.1 Å². The maximum Gasteiger partial charge on any atom is 0.131 e. The first kappa shape index (κ1) is 13.0. The van der Waals surface area contributed by atoms with Gasteiger partial charge in [-0.15, -0.1) is 0 Å². The fraction of sp³-hybridized carbons (Fsp3) is 0.667. The molecule has 2 rings (SSSR count). The number of hydrogen-bond donors (Lipinski definition) is 2. The summed E-state index contributed by atoms with van der Waals surface area (Å²) in [6, 6.07) is 1.77. The Hall–Kier alpha value is -1.40. The van der Waals surface area contributed by atoms with E-state index in [-0.39, 0.29) is 0 Å². The van der Waals surface area contributed by atoms with Gasteiger partial charge >= 0.3 is 0 Å². The smallest absolute Gasteiger partial charge is 0.131 e. The molecule has 0 aromatic carbocycles. The molecule has 1 aromatic rings. The average molecular weight is 250 g/mol. The zero-order valence-electron chi connectivity index (χ0n) is 11.2. The summed E-state index contributed by atoms with van der Waals surface area (Å²) in [5.74, 6) is 2.04. The van der Waals surface area contributed by atoms with Crippen molar-refractivity contribution >= 4 is 11.6 Å². The molecule has 1 fully saturated rings. The fourth-order valence-electron chi connectivity index (χ4n) is 2.09. The SMILES string of the molecule is Cc1nc(N)cc(NCCN2CCN(C)CC2)n1. The Morgan fingerprint density at radius 2 is 2.00 bits per heavy atom. The van der Waals surface area contributed by atoms with Crippen LogP contribution in [0.4, 0.5) is 11.6 Å². The van der Waals surface area contributed by atoms with Gasteiger partial charge in [-0.25, -0.2) is 9.97 Å². The summed E-state index contributed by atoms with van der Waals surface area (Å²) in [6.07, 6.45) is 0. The summed E-state index contributed by atoms with van der Waals surface area (Å²) in [5, 5.41) is 3.30. The molecule has 0 saturated carbocycles. The van der Waals surface area contributed by atoms with Gasteiger partial charge in [-0.2, -0.15) is 0 Å². The number of piperazine rings is 1. The fourth-order valence-corrected chi connectivity index (χ4v) is 2.09. The van der Waals surface area contributed by atoms with E-state index in [0.29, 0.717) is 11.6 Å². The van der Waals surface area contributed by atoms with E-state index in [2.05, 4.69) is 32.1 Å². The lowest BCUT2D eigenvalue weighted by Gasteiger charge is -2.32. The third-order valence-corrected chi connectivity index (χ3v) is 3.19. The largest absolute Gasteiger partial charge is 0.384 e. The normalized spacial score (nSPS) is 17.9. The van der Waals surface area contributed by atoms with Crippen LogP contribution in [0.3, 0.4) is 0 Å². The van der Waals surface area contributed by atoms with Crippen LogP contribution in [0.1, 0.15) is 5.82 Å². The van der Waals surface area contributed by atoms with Crippen molar-refractivity contribution in [3.05, 3.63) is 11.9 Å². The van der Waals surface area contributed by atoms with Crippen LogP contribution in [0.2, 0.25) is 0 Å². The molecule has 0 unspecified atom stereocenters. The van der Waals surface area contributed by atoms with E-state index in [4.69, 9.17) is 5.73 Å². The lowest BCUT2D eigenvalue weighted by atomic mass is 10.3. The third kappa shape index (κ3) is 3.82. The van der Waals surface area contributed by atoms with E-state index in [1.54, 1.807) is 6.07 Å². The predicted octanol–water partition coefficient (Wildman–Crippen LogP) is 0.0265. The van der Waals surface area contributed by atoms with Crippen molar-refractivity contribution in [2.24, 2.45) is 0 Å². The van der Waals surface area contributed by atoms with Crippen molar-refractivity contribution in [3.8, 4) is 0 Å². The molecule has 18 heavy (non-hydrogen) atoms. The topological polar surface area (TPSA) is 70.3 Å². The van der Waals surface area contributed by atoms with Crippen LogP contribution in [0.25, 0.3) is 0 Å². The highest BCUT2D eigenvalue weighted by molar-refractivity contribution is 5.44. The van der Waals surface area contributed by atoms with Crippen LogP contribution in [0.5, 0.6) is 0 Å². The molecule has 0 bridgehead atoms. The minimum absolute atomic E-state index is 0.518. The number of likely N-dealkylation sites (N-methyl/N-ethyl adjacent to an activating group) is 1. The Bertz CT molecular complexity index is 366. The zero-order chi connectivity index (χ0) is 13.0. The number of anilines is 2. The van der Waals surface area contributed by atoms with Gasteiger partial charge in [0.15, 0.2) is 0 Å². The molecule has 1 aliphatic heterocycles. The van der Waals surface area contributed by atoms with Gasteiger partial charge in [0.25, 0.3) is 0 Å². The molecular weight excluding hydrogens is 228 g/mol. The molecule has 1 aromatic heterocycles. The molecule has 1 aliphatic rings. The number of nitrogen functional groups attached to an aromatic ring is 1. The molecule has 0 amide bonds. The van der Waals surface area contributed by atoms with Crippen LogP contribution in [-0.4, -0.2) is 66.1 Å². The number of hydrogen-bond acceptors (Lipinski definition) is 6. The monoisotopic (exact) mass is 250 g/mol. The van der Waals surface area contributed by atoms with Crippen molar-refractivity contribution < 1.29 is 0 Å². The number of aryl methyl sites for hydroxylation is 1. The molecular formula is C12H22N6. The minimum atomic E-state index is 0.518. The predicted molar refractivity (Wildman–Crippen MR) is 73.6 cm³/mol. The summed E-state index contributed by atoms with van der Waals surface area (Å²) in [7, 11) is 2.17. The van der Waals surface area contributed by atoms with Crippen molar-refractivity contribution in [2.75, 3.05) is 57.4 Å². The van der Waals surface area contributed by atoms with E-state index >= 15 is 0 Å². The second kappa shape index (κ2) is 5.97. The molecule has 0 radical (unpaired) electrons. The number of nitrogens with one attached hydrogen (secondary N) is 1. The van der Waals surface area contributed by atoms with Gasteiger partial charge in [0.2, 0.25) is 0 Å². The molecule has 0 spiro atoms. The lowest BCUT2D eigenvalue weighted by Crippen LogP contribution is -2.45. The van der Waals surface area contributed by atoms with Crippen LogP contribution in [0, 0.1) is 6.92 Å². The summed E-state index contributed by atoms with van der Waals surface area (Å²) >= 11 is 0. The molecule has 0 atom stereocenters. The van der Waals surface area contributed by atoms with E-state index in [1.807, 2.05) is 6.92 Å². The minimum Gasteiger partial charge on any atom is -0.384 e. The average Bonchev–Trinajstić information content (AvgIpc) is 2.30. The van der Waals surface area contributed by atoms with Gasteiger partial charge in [0, 0.05) is 45.3 Å². The first-order valence-corrected chi connectivity index (χ1v) is 6.39. The number of rotatable bonds is 4. The first-order valence-electron chi connectivity index (χ1n) is 6.39. The van der Waals surface area contributed by atoms with Crippen molar-refractivity contribution in [2.45, 2.75) is 6.92 Å². The van der Waals surface area contributed by atoms with Crippen molar-refractivity contribution in [1.29, 1.82) is 0 Å². The van der Waals surface area contributed by atoms with E-state index < -0.39 is 0 Å². The van der Waals surface area contributed by atoms with Crippen molar-refractivity contribution in [3.63, 3.8) is 0 Å². The van der Waals surface area contributed by atoms with E-state index in [1.165, 1.54) is 0 Å². The highest BCUT2D eigenvalue weighted by Gasteiger charge is 2.12. The zero-order valence-corrected chi connectivity index (χ0v) is 11.2. The Labute approximate surface area is 108 Å². The molecule has 0 aliphatic carbocycles. The second-order valence-corrected chi connectivity index (χ2v) is 4.80. The van der Waals surface area contributed by atoms with Gasteiger partial charge in [0.05, 0.1) is 0 Å². The molecule has 1 saturated heterocycles. The molecule has 6 heteroatoms. The Morgan fingerprint density at radius 1 is 1.28 bits per heavy atom. The Balaban J connectivity index is 1.74. The lowest BCUT2D eigenvalue weighted by molar-refractivity contribution is 0.158. The van der Waals surface area contributed by atoms with Gasteiger partial charge < -0.3 is 16.0 Å². The summed E-state index contributed by atoms with van der Waals surface area (Å²) in [6.45, 7) is 8.36. The number of nitrogens with two attached hydrogens (primary N) is 1. The van der Waals surface area contributed by atoms with Gasteiger partial charge in [0.1, 0.15) is 17.5 Å². The quantitative estimate of drug-likeness (QED) is 0.785. The second-order valence-electron chi connectivity index (χ2n) is 4.80. The first-order chi connectivity index (χ1) is 8.63. The van der Waals surface area contributed by atoms with E-state index in [9.17, 15) is 0 Å². The summed E-state index contributed by atoms with van der Waals surface area (Å²) in [5.41, 5.74) is 5.68. The highest BCUT2D eigenvalue weighted by atomic mass is 15.2. The van der Waals surface area contributed by atoms with Crippen LogP contribution < -0.4 is 11.1 Å². The summed E-state index contributed by atoms with van der Waals surface area (Å²) in [4.78, 5) is 13.2. The Morgan fingerprint density at radius 3 is 2.67 bits per heavy atom. The van der Waals surface area contributed by atoms with Crippen LogP contribution >= 0.6 is 0 Å². The van der Waals surface area contributed by atoms with Crippen molar-refractivity contribution in [1.82, 2.24) is 19.8 Å². The number of nitrogens with zero attached hydrogens (tertiary/aromatic N) is 4. The third-order valence-electron chi connectivity index (χ3n) is 3.19. The highest BCUT2D eigenvalue weighted by Crippen LogP contribution is 2.07. The Kier molecular flexibility index (Phi) is 4.33. The van der Waals surface area contributed by atoms with Gasteiger partial charge in [-0.3, -0.25) is 4.90 Å². The standard InChI is InChI=1S/C12H22N6/c1-10-15-11(13)9-12(16-10)14-3-4-18-7-5-17(2)6-8-18/h9H,3-8H2,1-2H3,(H3,13,14,15,16). The molecule has 6 nitrogen and oxygen atoms in total. The molecule has 100 valence electrons. The maximum atomic E-state index is 5.68. The molecule has 2 heterocycles.